The molecule has 3 aromatic rings. The Morgan fingerprint density at radius 2 is 1.69 bits per heavy atom. The van der Waals surface area contributed by atoms with Crippen molar-refractivity contribution < 1.29 is 24.6 Å². The second kappa shape index (κ2) is 12.4. The molecule has 0 aliphatic heterocycles. The summed E-state index contributed by atoms with van der Waals surface area (Å²) in [6.07, 6.45) is 1.81. The number of rotatable bonds is 12. The van der Waals surface area contributed by atoms with Crippen LogP contribution in [0.3, 0.4) is 0 Å². The third kappa shape index (κ3) is 6.97. The smallest absolute Gasteiger partial charge is 0.223 e. The van der Waals surface area contributed by atoms with E-state index in [0.717, 1.165) is 12.0 Å². The Hall–Kier alpha value is -3.59. The Labute approximate surface area is 214 Å². The van der Waals surface area contributed by atoms with Crippen LogP contribution < -0.4 is 10.6 Å². The van der Waals surface area contributed by atoms with Gasteiger partial charge >= 0.3 is 0 Å². The number of benzene rings is 1. The lowest BCUT2D eigenvalue weighted by atomic mass is 9.93. The van der Waals surface area contributed by atoms with E-state index in [4.69, 9.17) is 0 Å². The maximum Gasteiger partial charge on any atom is 0.223 e. The minimum absolute atomic E-state index is 0.0508. The molecule has 0 aliphatic rings. The Bertz CT molecular complexity index is 1170. The van der Waals surface area contributed by atoms with E-state index in [2.05, 4.69) is 15.6 Å². The van der Waals surface area contributed by atoms with Gasteiger partial charge in [-0.1, -0.05) is 50.2 Å². The second-order valence-electron chi connectivity index (χ2n) is 9.14. The van der Waals surface area contributed by atoms with Gasteiger partial charge in [0.1, 0.15) is 0 Å². The number of aromatic amines is 1. The summed E-state index contributed by atoms with van der Waals surface area (Å²) in [5.74, 6) is -2.07. The number of amides is 2. The zero-order chi connectivity index (χ0) is 26.2. The minimum atomic E-state index is -0.921. The van der Waals surface area contributed by atoms with Gasteiger partial charge in [-0.15, -0.1) is 11.3 Å². The van der Waals surface area contributed by atoms with E-state index in [1.54, 1.807) is 25.2 Å². The summed E-state index contributed by atoms with van der Waals surface area (Å²) < 4.78 is 0. The first-order valence-electron chi connectivity index (χ1n) is 12.0. The normalized spacial score (nSPS) is 12.8. The van der Waals surface area contributed by atoms with E-state index in [0.29, 0.717) is 12.8 Å². The van der Waals surface area contributed by atoms with E-state index >= 15 is 0 Å². The number of nitrogens with one attached hydrogen (secondary N) is 3. The number of aromatic nitrogens is 1. The van der Waals surface area contributed by atoms with Crippen LogP contribution in [0.1, 0.15) is 65.5 Å². The van der Waals surface area contributed by atoms with E-state index < -0.39 is 29.7 Å². The van der Waals surface area contributed by atoms with Crippen molar-refractivity contribution >= 4 is 28.9 Å². The van der Waals surface area contributed by atoms with Crippen molar-refractivity contribution in [1.29, 1.82) is 0 Å². The van der Waals surface area contributed by atoms with Gasteiger partial charge in [-0.05, 0) is 42.7 Å². The molecule has 5 N–H and O–H groups in total. The zero-order valence-electron chi connectivity index (χ0n) is 20.7. The summed E-state index contributed by atoms with van der Waals surface area (Å²) in [5.41, 5.74) is 0.954. The van der Waals surface area contributed by atoms with Crippen LogP contribution in [-0.4, -0.2) is 38.8 Å². The third-order valence-electron chi connectivity index (χ3n) is 6.05. The maximum atomic E-state index is 13.2. The van der Waals surface area contributed by atoms with Gasteiger partial charge in [-0.2, -0.15) is 0 Å². The number of hydrogen-bond acceptors (Lipinski definition) is 6. The fourth-order valence-corrected chi connectivity index (χ4v) is 4.81. The monoisotopic (exact) mass is 511 g/mol. The lowest BCUT2D eigenvalue weighted by Crippen LogP contribution is -2.45. The first-order chi connectivity index (χ1) is 17.2. The number of carbonyl (C=O) groups excluding carboxylic acids is 3. The molecule has 2 atom stereocenters. The van der Waals surface area contributed by atoms with Crippen LogP contribution in [0.15, 0.2) is 47.8 Å². The predicted octanol–water partition coefficient (Wildman–Crippen LogP) is 4.39. The zero-order valence-corrected chi connectivity index (χ0v) is 21.5. The van der Waals surface area contributed by atoms with Gasteiger partial charge in [-0.25, -0.2) is 0 Å². The molecule has 0 saturated heterocycles. The van der Waals surface area contributed by atoms with Crippen molar-refractivity contribution in [3.8, 4) is 11.8 Å². The molecule has 0 aliphatic carbocycles. The van der Waals surface area contributed by atoms with Gasteiger partial charge in [0, 0.05) is 16.9 Å². The predicted molar refractivity (Wildman–Crippen MR) is 139 cm³/mol. The number of aryl methyl sites for hydroxylation is 1. The van der Waals surface area contributed by atoms with Crippen LogP contribution in [0.25, 0.3) is 0 Å². The molecule has 3 rings (SSSR count). The fraction of sp³-hybridized carbons (Fsp3) is 0.370. The number of thiophene rings is 1. The molecule has 1 aromatic carbocycles. The molecule has 0 bridgehead atoms. The lowest BCUT2D eigenvalue weighted by Gasteiger charge is -2.24. The average Bonchev–Trinajstić information content (AvgIpc) is 3.44. The first-order valence-corrected chi connectivity index (χ1v) is 12.9. The van der Waals surface area contributed by atoms with Gasteiger partial charge in [0.2, 0.25) is 17.7 Å². The van der Waals surface area contributed by atoms with Crippen molar-refractivity contribution in [2.24, 2.45) is 5.92 Å². The molecule has 192 valence electrons. The summed E-state index contributed by atoms with van der Waals surface area (Å²) in [4.78, 5) is 42.5. The quantitative estimate of drug-likeness (QED) is 0.230. The van der Waals surface area contributed by atoms with Crippen LogP contribution in [0.4, 0.5) is 0 Å². The SMILES string of the molecule is Cc1c(O)[nH]c(O)c1C(=O)[C@H](NC(=O)C[C@H](NC(=O)CCCc1cccs1)c1ccccc1)C(C)C. The van der Waals surface area contributed by atoms with Gasteiger partial charge in [0.25, 0.3) is 0 Å². The van der Waals surface area contributed by atoms with Crippen LogP contribution >= 0.6 is 11.3 Å². The van der Waals surface area contributed by atoms with Crippen molar-refractivity contribution in [3.05, 3.63) is 69.4 Å². The standard InChI is InChI=1S/C27H33N3O5S/c1-16(2)24(25(33)23-17(3)26(34)30-27(23)35)29-22(32)15-20(18-9-5-4-6-10-18)28-21(31)13-7-11-19-12-8-14-36-19/h4-6,8-10,12,14,16,20,24,30,34-35H,7,11,13,15H2,1-3H3,(H,28,31)(H,29,32)/t20-,24+/m0/s1. The summed E-state index contributed by atoms with van der Waals surface area (Å²) in [6.45, 7) is 5.08. The number of ketones is 1. The van der Waals surface area contributed by atoms with E-state index in [9.17, 15) is 24.6 Å². The van der Waals surface area contributed by atoms with Gasteiger partial charge < -0.3 is 20.8 Å². The van der Waals surface area contributed by atoms with Crippen LogP contribution in [0.2, 0.25) is 0 Å². The first kappa shape index (κ1) is 27.0. The summed E-state index contributed by atoms with van der Waals surface area (Å²) in [7, 11) is 0. The summed E-state index contributed by atoms with van der Waals surface area (Å²) in [5, 5.41) is 27.6. The number of carbonyl (C=O) groups is 3. The van der Waals surface area contributed by atoms with E-state index in [-0.39, 0.29) is 35.3 Å². The number of aromatic hydroxyl groups is 2. The highest BCUT2D eigenvalue weighted by Gasteiger charge is 2.31. The Balaban J connectivity index is 1.68. The maximum absolute atomic E-state index is 13.2. The molecule has 9 heteroatoms. The lowest BCUT2D eigenvalue weighted by molar-refractivity contribution is -0.124. The van der Waals surface area contributed by atoms with Crippen molar-refractivity contribution in [1.82, 2.24) is 15.6 Å². The number of H-pyrrole nitrogens is 1. The summed E-state index contributed by atoms with van der Waals surface area (Å²) in [6, 6.07) is 11.8. The van der Waals surface area contributed by atoms with Crippen molar-refractivity contribution in [2.75, 3.05) is 0 Å². The van der Waals surface area contributed by atoms with E-state index in [1.165, 1.54) is 11.8 Å². The van der Waals surface area contributed by atoms with Crippen LogP contribution in [0.5, 0.6) is 11.8 Å². The number of Topliss-reactive ketones (excluding diaryl/α,β-unsaturated/α-hetero) is 1. The molecular weight excluding hydrogens is 478 g/mol. The molecule has 2 heterocycles. The Morgan fingerprint density at radius 1 is 0.972 bits per heavy atom. The van der Waals surface area contributed by atoms with Gasteiger partial charge in [-0.3, -0.25) is 19.4 Å². The summed E-state index contributed by atoms with van der Waals surface area (Å²) >= 11 is 1.66. The molecule has 8 nitrogen and oxygen atoms in total. The van der Waals surface area contributed by atoms with Crippen molar-refractivity contribution in [2.45, 2.75) is 58.5 Å². The Kier molecular flexibility index (Phi) is 9.30. The molecular formula is C27H33N3O5S. The topological polar surface area (TPSA) is 132 Å². The molecule has 2 amide bonds. The highest BCUT2D eigenvalue weighted by molar-refractivity contribution is 7.09. The molecule has 0 saturated carbocycles. The molecule has 36 heavy (non-hydrogen) atoms. The van der Waals surface area contributed by atoms with Crippen LogP contribution in [-0.2, 0) is 16.0 Å². The fourth-order valence-electron chi connectivity index (χ4n) is 4.06. The largest absolute Gasteiger partial charge is 0.494 e. The Morgan fingerprint density at radius 3 is 2.28 bits per heavy atom. The molecule has 0 unspecified atom stereocenters. The molecule has 0 spiro atoms. The average molecular weight is 512 g/mol. The highest BCUT2D eigenvalue weighted by atomic mass is 32.1. The van der Waals surface area contributed by atoms with Crippen LogP contribution in [0, 0.1) is 12.8 Å². The third-order valence-corrected chi connectivity index (χ3v) is 6.99. The number of hydrogen-bond donors (Lipinski definition) is 5. The molecule has 0 radical (unpaired) electrons. The van der Waals surface area contributed by atoms with E-state index in [1.807, 2.05) is 47.8 Å². The molecule has 2 aromatic heterocycles. The van der Waals surface area contributed by atoms with Crippen molar-refractivity contribution in [3.63, 3.8) is 0 Å². The second-order valence-corrected chi connectivity index (χ2v) is 10.2. The highest BCUT2D eigenvalue weighted by Crippen LogP contribution is 2.30. The van der Waals surface area contributed by atoms with Gasteiger partial charge in [0.15, 0.2) is 11.7 Å². The van der Waals surface area contributed by atoms with Gasteiger partial charge in [0.05, 0.1) is 24.1 Å². The molecule has 0 fully saturated rings. The minimum Gasteiger partial charge on any atom is -0.494 e.